The van der Waals surface area contributed by atoms with Crippen molar-refractivity contribution in [2.24, 2.45) is 0 Å². The lowest BCUT2D eigenvalue weighted by Gasteiger charge is -2.11. The lowest BCUT2D eigenvalue weighted by molar-refractivity contribution is 0.297. The maximum atomic E-state index is 13.5. The van der Waals surface area contributed by atoms with Crippen molar-refractivity contribution in [1.82, 2.24) is 9.97 Å². The van der Waals surface area contributed by atoms with Crippen LogP contribution in [0.2, 0.25) is 10.2 Å². The molecule has 1 aromatic carbocycles. The first-order valence-electron chi connectivity index (χ1n) is 6.35. The normalized spacial score (nSPS) is 13.9. The number of benzene rings is 1. The van der Waals surface area contributed by atoms with Gasteiger partial charge in [0.1, 0.15) is 0 Å². The van der Waals surface area contributed by atoms with Gasteiger partial charge in [-0.25, -0.2) is 14.4 Å². The molecule has 0 fully saturated rings. The first-order chi connectivity index (χ1) is 10.1. The quantitative estimate of drug-likeness (QED) is 0.740. The topological polar surface area (TPSA) is 44.2 Å². The fourth-order valence-corrected chi connectivity index (χ4v) is 2.50. The van der Waals surface area contributed by atoms with E-state index in [1.165, 1.54) is 6.92 Å². The minimum atomic E-state index is -0.624. The molecule has 0 bridgehead atoms. The van der Waals surface area contributed by atoms with E-state index in [-0.39, 0.29) is 16.7 Å². The highest BCUT2D eigenvalue weighted by Gasteiger charge is 2.18. The standard InChI is InChI=1S/C14H11Cl2FN2O2/c1-7-11(17)13(16)19-14(18-7)8-5-9(15)12-10(6-8)20-3-2-4-21-12/h5-6H,2-4H2,1H3. The van der Waals surface area contributed by atoms with Crippen LogP contribution in [0, 0.1) is 12.7 Å². The summed E-state index contributed by atoms with van der Waals surface area (Å²) >= 11 is 12.0. The number of hydrogen-bond donors (Lipinski definition) is 0. The van der Waals surface area contributed by atoms with E-state index >= 15 is 0 Å². The number of halogens is 3. The van der Waals surface area contributed by atoms with Crippen molar-refractivity contribution in [2.75, 3.05) is 13.2 Å². The summed E-state index contributed by atoms with van der Waals surface area (Å²) in [6, 6.07) is 3.37. The van der Waals surface area contributed by atoms with E-state index in [2.05, 4.69) is 9.97 Å². The third-order valence-corrected chi connectivity index (χ3v) is 3.57. The summed E-state index contributed by atoms with van der Waals surface area (Å²) in [6.45, 7) is 2.61. The van der Waals surface area contributed by atoms with Crippen LogP contribution in [-0.4, -0.2) is 23.2 Å². The van der Waals surface area contributed by atoms with Crippen molar-refractivity contribution >= 4 is 23.2 Å². The lowest BCUT2D eigenvalue weighted by atomic mass is 10.2. The van der Waals surface area contributed by atoms with Gasteiger partial charge in [0.2, 0.25) is 0 Å². The van der Waals surface area contributed by atoms with Gasteiger partial charge in [0.15, 0.2) is 28.3 Å². The Morgan fingerprint density at radius 3 is 2.67 bits per heavy atom. The summed E-state index contributed by atoms with van der Waals surface area (Å²) in [5.74, 6) is 0.692. The van der Waals surface area contributed by atoms with E-state index in [0.29, 0.717) is 35.3 Å². The third-order valence-electron chi connectivity index (χ3n) is 3.04. The summed E-state index contributed by atoms with van der Waals surface area (Å²) in [4.78, 5) is 8.03. The van der Waals surface area contributed by atoms with E-state index in [4.69, 9.17) is 32.7 Å². The second kappa shape index (κ2) is 5.66. The summed E-state index contributed by atoms with van der Waals surface area (Å²) < 4.78 is 24.7. The highest BCUT2D eigenvalue weighted by molar-refractivity contribution is 6.32. The molecule has 0 N–H and O–H groups in total. The molecule has 4 nitrogen and oxygen atoms in total. The average molecular weight is 329 g/mol. The Morgan fingerprint density at radius 2 is 1.90 bits per heavy atom. The molecule has 0 atom stereocenters. The number of nitrogens with zero attached hydrogens (tertiary/aromatic N) is 2. The largest absolute Gasteiger partial charge is 0.489 e. The van der Waals surface area contributed by atoms with Gasteiger partial charge in [-0.3, -0.25) is 0 Å². The van der Waals surface area contributed by atoms with Crippen molar-refractivity contribution < 1.29 is 13.9 Å². The summed E-state index contributed by atoms with van der Waals surface area (Å²) in [5, 5.41) is 0.173. The molecule has 1 aromatic heterocycles. The molecule has 0 aliphatic carbocycles. The zero-order valence-corrected chi connectivity index (χ0v) is 12.6. The minimum Gasteiger partial charge on any atom is -0.489 e. The van der Waals surface area contributed by atoms with Gasteiger partial charge in [-0.05, 0) is 19.1 Å². The van der Waals surface area contributed by atoms with Gasteiger partial charge >= 0.3 is 0 Å². The number of rotatable bonds is 1. The van der Waals surface area contributed by atoms with Crippen LogP contribution in [0.1, 0.15) is 12.1 Å². The minimum absolute atomic E-state index is 0.174. The molecule has 0 saturated carbocycles. The zero-order chi connectivity index (χ0) is 15.0. The highest BCUT2D eigenvalue weighted by atomic mass is 35.5. The summed E-state index contributed by atoms with van der Waals surface area (Å²) in [6.07, 6.45) is 0.776. The third kappa shape index (κ3) is 2.76. The molecule has 2 heterocycles. The van der Waals surface area contributed by atoms with Gasteiger partial charge in [0.05, 0.1) is 23.9 Å². The van der Waals surface area contributed by atoms with E-state index in [1.54, 1.807) is 12.1 Å². The van der Waals surface area contributed by atoms with Crippen molar-refractivity contribution in [1.29, 1.82) is 0 Å². The number of fused-ring (bicyclic) bond motifs is 1. The predicted octanol–water partition coefficient (Wildman–Crippen LogP) is 4.06. The van der Waals surface area contributed by atoms with Crippen molar-refractivity contribution in [3.05, 3.63) is 33.8 Å². The molecular weight excluding hydrogens is 318 g/mol. The van der Waals surface area contributed by atoms with Gasteiger partial charge in [0, 0.05) is 12.0 Å². The van der Waals surface area contributed by atoms with Crippen molar-refractivity contribution in [3.8, 4) is 22.9 Å². The molecule has 0 amide bonds. The Bertz CT molecular complexity index is 687. The Balaban J connectivity index is 2.11. The second-order valence-corrected chi connectivity index (χ2v) is 5.34. The molecular formula is C14H11Cl2FN2O2. The smallest absolute Gasteiger partial charge is 0.181 e. The van der Waals surface area contributed by atoms with Crippen LogP contribution in [0.3, 0.4) is 0 Å². The van der Waals surface area contributed by atoms with Gasteiger partial charge in [-0.1, -0.05) is 23.2 Å². The lowest BCUT2D eigenvalue weighted by Crippen LogP contribution is -1.99. The van der Waals surface area contributed by atoms with Gasteiger partial charge in [0.25, 0.3) is 0 Å². The molecule has 0 spiro atoms. The Morgan fingerprint density at radius 1 is 1.14 bits per heavy atom. The monoisotopic (exact) mass is 328 g/mol. The summed E-state index contributed by atoms with van der Waals surface area (Å²) in [7, 11) is 0. The number of aromatic nitrogens is 2. The van der Waals surface area contributed by atoms with Gasteiger partial charge < -0.3 is 9.47 Å². The van der Waals surface area contributed by atoms with Crippen LogP contribution >= 0.6 is 23.2 Å². The van der Waals surface area contributed by atoms with Gasteiger partial charge in [-0.15, -0.1) is 0 Å². The maximum Gasteiger partial charge on any atom is 0.181 e. The first kappa shape index (κ1) is 14.4. The fourth-order valence-electron chi connectivity index (χ4n) is 2.01. The van der Waals surface area contributed by atoms with Crippen molar-refractivity contribution in [3.63, 3.8) is 0 Å². The van der Waals surface area contributed by atoms with Gasteiger partial charge in [-0.2, -0.15) is 0 Å². The van der Waals surface area contributed by atoms with Crippen molar-refractivity contribution in [2.45, 2.75) is 13.3 Å². The molecule has 0 unspecified atom stereocenters. The predicted molar refractivity (Wildman–Crippen MR) is 77.8 cm³/mol. The highest BCUT2D eigenvalue weighted by Crippen LogP contribution is 2.40. The summed E-state index contributed by atoms with van der Waals surface area (Å²) in [5.41, 5.74) is 0.766. The van der Waals surface area contributed by atoms with Crippen LogP contribution in [0.4, 0.5) is 4.39 Å². The molecule has 3 rings (SSSR count). The molecule has 110 valence electrons. The second-order valence-electron chi connectivity index (χ2n) is 4.57. The number of aryl methyl sites for hydroxylation is 1. The Kier molecular flexibility index (Phi) is 3.87. The average Bonchev–Trinajstić information content (AvgIpc) is 2.69. The molecule has 7 heteroatoms. The van der Waals surface area contributed by atoms with E-state index in [0.717, 1.165) is 6.42 Å². The molecule has 0 radical (unpaired) electrons. The molecule has 0 saturated heterocycles. The Labute approximate surface area is 130 Å². The first-order valence-corrected chi connectivity index (χ1v) is 7.11. The van der Waals surface area contributed by atoms with Crippen LogP contribution in [0.15, 0.2) is 12.1 Å². The maximum absolute atomic E-state index is 13.5. The molecule has 21 heavy (non-hydrogen) atoms. The zero-order valence-electron chi connectivity index (χ0n) is 11.1. The SMILES string of the molecule is Cc1nc(-c2cc(Cl)c3c(c2)OCCCO3)nc(Cl)c1F. The molecule has 2 aromatic rings. The number of ether oxygens (including phenoxy) is 2. The van der Waals surface area contributed by atoms with Crippen LogP contribution in [0.25, 0.3) is 11.4 Å². The fraction of sp³-hybridized carbons (Fsp3) is 0.286. The van der Waals surface area contributed by atoms with Crippen LogP contribution in [0.5, 0.6) is 11.5 Å². The Hall–Kier alpha value is -1.59. The van der Waals surface area contributed by atoms with Crippen LogP contribution < -0.4 is 9.47 Å². The van der Waals surface area contributed by atoms with E-state index in [1.807, 2.05) is 0 Å². The molecule has 1 aliphatic rings. The van der Waals surface area contributed by atoms with E-state index < -0.39 is 5.82 Å². The van der Waals surface area contributed by atoms with Crippen LogP contribution in [-0.2, 0) is 0 Å². The van der Waals surface area contributed by atoms with E-state index in [9.17, 15) is 4.39 Å². The number of hydrogen-bond acceptors (Lipinski definition) is 4. The molecule has 1 aliphatic heterocycles.